The van der Waals surface area contributed by atoms with E-state index in [0.717, 1.165) is 0 Å². The first-order valence-electron chi connectivity index (χ1n) is 5.12. The summed E-state index contributed by atoms with van der Waals surface area (Å²) in [4.78, 5) is 10.9. The van der Waals surface area contributed by atoms with Crippen LogP contribution in [0.3, 0.4) is 0 Å². The number of anilines is 1. The second-order valence-electron chi connectivity index (χ2n) is 3.51. The molecule has 0 radical (unpaired) electrons. The molecule has 6 nitrogen and oxygen atoms in total. The Bertz CT molecular complexity index is 545. The zero-order chi connectivity index (χ0) is 13.8. The lowest BCUT2D eigenvalue weighted by atomic mass is 10.3. The Labute approximate surface area is 111 Å². The zero-order valence-electron chi connectivity index (χ0n) is 9.73. The molecule has 100 valence electrons. The van der Waals surface area contributed by atoms with Crippen LogP contribution in [0.5, 0.6) is 0 Å². The third-order valence-corrected chi connectivity index (χ3v) is 4.11. The lowest BCUT2D eigenvalue weighted by Gasteiger charge is -2.08. The fraction of sp³-hybridized carbons (Fsp3) is 0.300. The maximum absolute atomic E-state index is 11.9. The Hall–Kier alpha value is -1.31. The highest BCUT2D eigenvalue weighted by molar-refractivity contribution is 7.89. The minimum atomic E-state index is -3.73. The molecule has 1 rings (SSSR count). The van der Waals surface area contributed by atoms with Crippen LogP contribution in [0.25, 0.3) is 0 Å². The van der Waals surface area contributed by atoms with Crippen molar-refractivity contribution < 1.29 is 13.2 Å². The van der Waals surface area contributed by atoms with Gasteiger partial charge in [-0.1, -0.05) is 11.6 Å². The summed E-state index contributed by atoms with van der Waals surface area (Å²) >= 11 is 5.80. The predicted molar refractivity (Wildman–Crippen MR) is 69.7 cm³/mol. The van der Waals surface area contributed by atoms with Crippen molar-refractivity contribution in [3.63, 3.8) is 0 Å². The van der Waals surface area contributed by atoms with E-state index in [0.29, 0.717) is 5.69 Å². The predicted octanol–water partition coefficient (Wildman–Crippen LogP) is 0.337. The van der Waals surface area contributed by atoms with E-state index in [2.05, 4.69) is 10.0 Å². The fourth-order valence-corrected chi connectivity index (χ4v) is 2.82. The Morgan fingerprint density at radius 2 is 2.11 bits per heavy atom. The molecular formula is C10H14ClN3O3S. The van der Waals surface area contributed by atoms with Crippen LogP contribution in [0.4, 0.5) is 5.69 Å². The molecule has 8 heteroatoms. The van der Waals surface area contributed by atoms with Gasteiger partial charge in [0.05, 0.1) is 5.02 Å². The van der Waals surface area contributed by atoms with Crippen LogP contribution in [0.1, 0.15) is 6.42 Å². The number of benzene rings is 1. The second-order valence-corrected chi connectivity index (χ2v) is 5.65. The maximum Gasteiger partial charge on any atom is 0.242 e. The molecule has 0 aliphatic carbocycles. The molecule has 1 aromatic carbocycles. The Balaban J connectivity index is 2.77. The molecule has 0 spiro atoms. The SMILES string of the molecule is CNC(=O)CCNS(=O)(=O)c1ccc(N)cc1Cl. The molecule has 0 fully saturated rings. The zero-order valence-corrected chi connectivity index (χ0v) is 11.3. The van der Waals surface area contributed by atoms with Crippen LogP contribution in [0.15, 0.2) is 23.1 Å². The van der Waals surface area contributed by atoms with Gasteiger partial charge in [-0.3, -0.25) is 4.79 Å². The summed E-state index contributed by atoms with van der Waals surface area (Å²) in [6.07, 6.45) is 0.0579. The largest absolute Gasteiger partial charge is 0.399 e. The van der Waals surface area contributed by atoms with Gasteiger partial charge >= 0.3 is 0 Å². The van der Waals surface area contributed by atoms with E-state index in [-0.39, 0.29) is 28.8 Å². The van der Waals surface area contributed by atoms with E-state index in [1.807, 2.05) is 0 Å². The lowest BCUT2D eigenvalue weighted by Crippen LogP contribution is -2.29. The van der Waals surface area contributed by atoms with Gasteiger partial charge in [0.15, 0.2) is 0 Å². The van der Waals surface area contributed by atoms with Crippen LogP contribution in [0, 0.1) is 0 Å². The molecule has 0 atom stereocenters. The number of rotatable bonds is 5. The summed E-state index contributed by atoms with van der Waals surface area (Å²) in [7, 11) is -2.25. The number of nitrogen functional groups attached to an aromatic ring is 1. The van der Waals surface area contributed by atoms with Crippen molar-refractivity contribution in [3.05, 3.63) is 23.2 Å². The van der Waals surface area contributed by atoms with Gasteiger partial charge < -0.3 is 11.1 Å². The van der Waals surface area contributed by atoms with Gasteiger partial charge in [0.1, 0.15) is 4.90 Å². The topological polar surface area (TPSA) is 101 Å². The summed E-state index contributed by atoms with van der Waals surface area (Å²) in [5, 5.41) is 2.44. The summed E-state index contributed by atoms with van der Waals surface area (Å²) < 4.78 is 26.0. The minimum Gasteiger partial charge on any atom is -0.399 e. The van der Waals surface area contributed by atoms with Gasteiger partial charge in [-0.2, -0.15) is 0 Å². The lowest BCUT2D eigenvalue weighted by molar-refractivity contribution is -0.120. The first-order valence-corrected chi connectivity index (χ1v) is 6.98. The van der Waals surface area contributed by atoms with Crippen molar-refractivity contribution in [2.24, 2.45) is 0 Å². The third-order valence-electron chi connectivity index (χ3n) is 2.17. The number of hydrogen-bond acceptors (Lipinski definition) is 4. The highest BCUT2D eigenvalue weighted by Crippen LogP contribution is 2.23. The van der Waals surface area contributed by atoms with Gasteiger partial charge in [0.25, 0.3) is 0 Å². The molecule has 0 heterocycles. The number of amides is 1. The first-order chi connectivity index (χ1) is 8.36. The van der Waals surface area contributed by atoms with Crippen LogP contribution < -0.4 is 15.8 Å². The highest BCUT2D eigenvalue weighted by Gasteiger charge is 2.17. The monoisotopic (exact) mass is 291 g/mol. The summed E-state index contributed by atoms with van der Waals surface area (Å²) in [6.45, 7) is 0.00269. The van der Waals surface area contributed by atoms with Crippen molar-refractivity contribution in [1.29, 1.82) is 0 Å². The molecule has 1 amide bonds. The molecule has 0 aliphatic heterocycles. The van der Waals surface area contributed by atoms with Crippen molar-refractivity contribution in [2.45, 2.75) is 11.3 Å². The smallest absolute Gasteiger partial charge is 0.242 e. The van der Waals surface area contributed by atoms with Crippen molar-refractivity contribution in [3.8, 4) is 0 Å². The van der Waals surface area contributed by atoms with Crippen LogP contribution in [-0.4, -0.2) is 27.9 Å². The molecule has 0 bridgehead atoms. The number of halogens is 1. The maximum atomic E-state index is 11.9. The van der Waals surface area contributed by atoms with Gasteiger partial charge in [0.2, 0.25) is 15.9 Å². The number of carbonyl (C=O) groups excluding carboxylic acids is 1. The van der Waals surface area contributed by atoms with Crippen LogP contribution in [-0.2, 0) is 14.8 Å². The Morgan fingerprint density at radius 3 is 2.67 bits per heavy atom. The van der Waals surface area contributed by atoms with Gasteiger partial charge in [-0.05, 0) is 18.2 Å². The molecule has 4 N–H and O–H groups in total. The quantitative estimate of drug-likeness (QED) is 0.681. The average Bonchev–Trinajstić information content (AvgIpc) is 2.27. The Morgan fingerprint density at radius 1 is 1.44 bits per heavy atom. The number of carbonyl (C=O) groups is 1. The highest BCUT2D eigenvalue weighted by atomic mass is 35.5. The number of hydrogen-bond donors (Lipinski definition) is 3. The van der Waals surface area contributed by atoms with E-state index >= 15 is 0 Å². The summed E-state index contributed by atoms with van der Waals surface area (Å²) in [5.41, 5.74) is 5.86. The number of nitrogens with two attached hydrogens (primary N) is 1. The number of sulfonamides is 1. The van der Waals surface area contributed by atoms with Crippen molar-refractivity contribution in [1.82, 2.24) is 10.0 Å². The molecule has 0 aromatic heterocycles. The molecule has 0 saturated heterocycles. The van der Waals surface area contributed by atoms with E-state index in [9.17, 15) is 13.2 Å². The summed E-state index contributed by atoms with van der Waals surface area (Å²) in [6, 6.07) is 4.12. The van der Waals surface area contributed by atoms with Crippen LogP contribution in [0.2, 0.25) is 5.02 Å². The normalized spacial score (nSPS) is 11.2. The Kier molecular flexibility index (Phi) is 4.94. The van der Waals surface area contributed by atoms with Gasteiger partial charge in [-0.25, -0.2) is 13.1 Å². The molecule has 1 aromatic rings. The molecule has 0 aliphatic rings. The van der Waals surface area contributed by atoms with Gasteiger partial charge in [0, 0.05) is 25.7 Å². The average molecular weight is 292 g/mol. The van der Waals surface area contributed by atoms with E-state index in [1.54, 1.807) is 0 Å². The fourth-order valence-electron chi connectivity index (χ4n) is 1.24. The van der Waals surface area contributed by atoms with E-state index in [4.69, 9.17) is 17.3 Å². The van der Waals surface area contributed by atoms with Crippen LogP contribution >= 0.6 is 11.6 Å². The summed E-state index contributed by atoms with van der Waals surface area (Å²) in [5.74, 6) is -0.249. The standard InChI is InChI=1S/C10H14ClN3O3S/c1-13-10(15)4-5-14-18(16,17)9-3-2-7(12)6-8(9)11/h2-3,6,14H,4-5,12H2,1H3,(H,13,15). The van der Waals surface area contributed by atoms with E-state index in [1.165, 1.54) is 25.2 Å². The number of nitrogens with one attached hydrogen (secondary N) is 2. The third kappa shape index (κ3) is 3.86. The van der Waals surface area contributed by atoms with Gasteiger partial charge in [-0.15, -0.1) is 0 Å². The second kappa shape index (κ2) is 6.03. The molecule has 18 heavy (non-hydrogen) atoms. The van der Waals surface area contributed by atoms with E-state index < -0.39 is 10.0 Å². The van der Waals surface area contributed by atoms with Crippen molar-refractivity contribution >= 4 is 33.2 Å². The van der Waals surface area contributed by atoms with Crippen molar-refractivity contribution in [2.75, 3.05) is 19.3 Å². The molecular weight excluding hydrogens is 278 g/mol. The first kappa shape index (κ1) is 14.7. The molecule has 0 unspecified atom stereocenters. The minimum absolute atomic E-state index is 0.00269. The molecule has 0 saturated carbocycles.